The summed E-state index contributed by atoms with van der Waals surface area (Å²) in [4.78, 5) is 2.39. The van der Waals surface area contributed by atoms with Crippen LogP contribution in [0.1, 0.15) is 60.3 Å². The third-order valence-electron chi connectivity index (χ3n) is 3.10. The summed E-state index contributed by atoms with van der Waals surface area (Å²) >= 11 is 0. The van der Waals surface area contributed by atoms with Gasteiger partial charge in [-0.05, 0) is 46.5 Å². The van der Waals surface area contributed by atoms with Gasteiger partial charge in [0.2, 0.25) is 0 Å². The van der Waals surface area contributed by atoms with Crippen molar-refractivity contribution in [1.82, 2.24) is 4.90 Å². The Morgan fingerprint density at radius 3 is 2.28 bits per heavy atom. The molecule has 18 heavy (non-hydrogen) atoms. The molecule has 0 fully saturated rings. The summed E-state index contributed by atoms with van der Waals surface area (Å²) < 4.78 is 0. The summed E-state index contributed by atoms with van der Waals surface area (Å²) in [5.74, 6) is 0. The highest BCUT2D eigenvalue weighted by Gasteiger charge is 2.02. The molecular formula is C17H31N. The molecule has 0 radical (unpaired) electrons. The van der Waals surface area contributed by atoms with Gasteiger partial charge in [-0.25, -0.2) is 0 Å². The van der Waals surface area contributed by atoms with Gasteiger partial charge in [0.05, 0.1) is 0 Å². The van der Waals surface area contributed by atoms with E-state index in [2.05, 4.69) is 58.2 Å². The molecule has 0 saturated carbocycles. The molecule has 0 aliphatic rings. The molecule has 0 heterocycles. The van der Waals surface area contributed by atoms with Crippen LogP contribution >= 0.6 is 0 Å². The predicted molar refractivity (Wildman–Crippen MR) is 83.7 cm³/mol. The summed E-state index contributed by atoms with van der Waals surface area (Å²) in [5, 5.41) is 0. The van der Waals surface area contributed by atoms with Crippen LogP contribution in [0.2, 0.25) is 0 Å². The molecule has 0 rings (SSSR count). The lowest BCUT2D eigenvalue weighted by molar-refractivity contribution is 0.370. The van der Waals surface area contributed by atoms with Crippen molar-refractivity contribution < 1.29 is 0 Å². The summed E-state index contributed by atoms with van der Waals surface area (Å²) in [6, 6.07) is 0. The Balaban J connectivity index is 4.21. The zero-order valence-corrected chi connectivity index (χ0v) is 13.1. The Hall–Kier alpha value is -0.980. The van der Waals surface area contributed by atoms with Crippen molar-refractivity contribution in [2.75, 3.05) is 13.1 Å². The van der Waals surface area contributed by atoms with Gasteiger partial charge < -0.3 is 4.90 Å². The fourth-order valence-corrected chi connectivity index (χ4v) is 1.83. The van der Waals surface area contributed by atoms with Crippen LogP contribution in [-0.4, -0.2) is 18.0 Å². The Bertz CT molecular complexity index is 293. The molecule has 0 N–H and O–H groups in total. The van der Waals surface area contributed by atoms with Crippen LogP contribution < -0.4 is 0 Å². The molecule has 104 valence electrons. The van der Waals surface area contributed by atoms with Gasteiger partial charge in [0.1, 0.15) is 0 Å². The Labute approximate surface area is 114 Å². The van der Waals surface area contributed by atoms with Crippen LogP contribution in [0.4, 0.5) is 0 Å². The number of hydrogen-bond donors (Lipinski definition) is 0. The highest BCUT2D eigenvalue weighted by Crippen LogP contribution is 2.10. The van der Waals surface area contributed by atoms with Crippen LogP contribution in [-0.2, 0) is 0 Å². The van der Waals surface area contributed by atoms with E-state index >= 15 is 0 Å². The third-order valence-corrected chi connectivity index (χ3v) is 3.10. The summed E-state index contributed by atoms with van der Waals surface area (Å²) in [5.41, 5.74) is 4.15. The van der Waals surface area contributed by atoms with E-state index in [1.54, 1.807) is 0 Å². The highest BCUT2D eigenvalue weighted by atomic mass is 15.1. The summed E-state index contributed by atoms with van der Waals surface area (Å²) in [6.07, 6.45) is 9.23. The monoisotopic (exact) mass is 249 g/mol. The number of nitrogens with zero attached hydrogens (tertiary/aromatic N) is 1. The molecule has 0 saturated heterocycles. The molecule has 0 atom stereocenters. The van der Waals surface area contributed by atoms with Crippen molar-refractivity contribution in [3.05, 3.63) is 35.6 Å². The van der Waals surface area contributed by atoms with E-state index < -0.39 is 0 Å². The van der Waals surface area contributed by atoms with Crippen LogP contribution in [0.25, 0.3) is 0 Å². The SMILES string of the molecule is C=C(CC)N(C/C=C(/C)CCC=C(C)C)CCC. The van der Waals surface area contributed by atoms with Crippen LogP contribution in [0, 0.1) is 0 Å². The quantitative estimate of drug-likeness (QED) is 0.500. The molecule has 1 heteroatoms. The summed E-state index contributed by atoms with van der Waals surface area (Å²) in [6.45, 7) is 17.2. The van der Waals surface area contributed by atoms with Gasteiger partial charge in [-0.1, -0.05) is 43.7 Å². The first-order chi connectivity index (χ1) is 8.51. The van der Waals surface area contributed by atoms with Gasteiger partial charge in [-0.2, -0.15) is 0 Å². The first-order valence-corrected chi connectivity index (χ1v) is 7.22. The third kappa shape index (κ3) is 8.16. The van der Waals surface area contributed by atoms with Crippen LogP contribution in [0.15, 0.2) is 35.6 Å². The number of hydrogen-bond acceptors (Lipinski definition) is 1. The van der Waals surface area contributed by atoms with Gasteiger partial charge in [-0.15, -0.1) is 0 Å². The minimum Gasteiger partial charge on any atom is -0.372 e. The molecule has 0 aliphatic carbocycles. The fourth-order valence-electron chi connectivity index (χ4n) is 1.83. The Morgan fingerprint density at radius 2 is 1.78 bits per heavy atom. The lowest BCUT2D eigenvalue weighted by atomic mass is 10.1. The smallest absolute Gasteiger partial charge is 0.0358 e. The fraction of sp³-hybridized carbons (Fsp3) is 0.647. The largest absolute Gasteiger partial charge is 0.372 e. The first-order valence-electron chi connectivity index (χ1n) is 7.22. The van der Waals surface area contributed by atoms with Gasteiger partial charge in [0, 0.05) is 18.8 Å². The minimum absolute atomic E-state index is 1.02. The maximum absolute atomic E-state index is 4.14. The van der Waals surface area contributed by atoms with Crippen molar-refractivity contribution in [2.24, 2.45) is 0 Å². The van der Waals surface area contributed by atoms with E-state index in [1.165, 1.54) is 29.7 Å². The van der Waals surface area contributed by atoms with Crippen molar-refractivity contribution in [3.8, 4) is 0 Å². The molecule has 0 aromatic heterocycles. The molecule has 0 aromatic rings. The van der Waals surface area contributed by atoms with Crippen molar-refractivity contribution >= 4 is 0 Å². The maximum atomic E-state index is 4.14. The van der Waals surface area contributed by atoms with E-state index in [1.807, 2.05) is 0 Å². The first kappa shape index (κ1) is 17.0. The van der Waals surface area contributed by atoms with E-state index in [-0.39, 0.29) is 0 Å². The van der Waals surface area contributed by atoms with E-state index in [0.29, 0.717) is 0 Å². The predicted octanol–water partition coefficient (Wildman–Crippen LogP) is 5.31. The molecule has 1 nitrogen and oxygen atoms in total. The molecule has 0 aromatic carbocycles. The van der Waals surface area contributed by atoms with Crippen LogP contribution in [0.5, 0.6) is 0 Å². The van der Waals surface area contributed by atoms with Gasteiger partial charge in [-0.3, -0.25) is 0 Å². The Morgan fingerprint density at radius 1 is 1.11 bits per heavy atom. The topological polar surface area (TPSA) is 3.24 Å². The second kappa shape index (κ2) is 9.99. The average Bonchev–Trinajstić information content (AvgIpc) is 2.33. The normalized spacial score (nSPS) is 11.3. The second-order valence-electron chi connectivity index (χ2n) is 5.24. The number of rotatable bonds is 9. The number of allylic oxidation sites excluding steroid dienone is 4. The standard InChI is InChI=1S/C17H31N/c1-7-13-18(17(6)8-2)14-12-16(5)11-9-10-15(3)4/h10,12H,6-9,11,13-14H2,1-5H3/b16-12-. The van der Waals surface area contributed by atoms with E-state index in [0.717, 1.165) is 25.9 Å². The molecule has 0 bridgehead atoms. The van der Waals surface area contributed by atoms with Gasteiger partial charge in [0.25, 0.3) is 0 Å². The molecular weight excluding hydrogens is 218 g/mol. The van der Waals surface area contributed by atoms with Gasteiger partial charge >= 0.3 is 0 Å². The Kier molecular flexibility index (Phi) is 9.45. The molecule has 0 amide bonds. The van der Waals surface area contributed by atoms with E-state index in [4.69, 9.17) is 0 Å². The molecule has 0 spiro atoms. The second-order valence-corrected chi connectivity index (χ2v) is 5.24. The summed E-state index contributed by atoms with van der Waals surface area (Å²) in [7, 11) is 0. The van der Waals surface area contributed by atoms with Crippen molar-refractivity contribution in [2.45, 2.75) is 60.3 Å². The van der Waals surface area contributed by atoms with Crippen molar-refractivity contribution in [3.63, 3.8) is 0 Å². The van der Waals surface area contributed by atoms with Crippen LogP contribution in [0.3, 0.4) is 0 Å². The average molecular weight is 249 g/mol. The zero-order valence-electron chi connectivity index (χ0n) is 13.1. The molecule has 0 unspecified atom stereocenters. The maximum Gasteiger partial charge on any atom is 0.0358 e. The highest BCUT2D eigenvalue weighted by molar-refractivity contribution is 5.05. The lowest BCUT2D eigenvalue weighted by Gasteiger charge is -2.24. The lowest BCUT2D eigenvalue weighted by Crippen LogP contribution is -2.23. The molecule has 0 aliphatic heterocycles. The zero-order chi connectivity index (χ0) is 14.0. The van der Waals surface area contributed by atoms with Crippen molar-refractivity contribution in [1.29, 1.82) is 0 Å². The van der Waals surface area contributed by atoms with E-state index in [9.17, 15) is 0 Å². The minimum atomic E-state index is 1.02. The van der Waals surface area contributed by atoms with Gasteiger partial charge in [0.15, 0.2) is 0 Å².